The summed E-state index contributed by atoms with van der Waals surface area (Å²) in [6.45, 7) is 0. The van der Waals surface area contributed by atoms with Crippen LogP contribution in [0.25, 0.3) is 22.3 Å². The smallest absolute Gasteiger partial charge is 0.222 e. The van der Waals surface area contributed by atoms with Crippen molar-refractivity contribution in [3.05, 3.63) is 40.9 Å². The van der Waals surface area contributed by atoms with Crippen LogP contribution in [0.2, 0.25) is 0 Å². The quantitative estimate of drug-likeness (QED) is 0.720. The van der Waals surface area contributed by atoms with Gasteiger partial charge in [-0.3, -0.25) is 0 Å². The van der Waals surface area contributed by atoms with E-state index in [4.69, 9.17) is 11.5 Å². The molecule has 5 nitrogen and oxygen atoms in total. The van der Waals surface area contributed by atoms with Crippen molar-refractivity contribution in [3.63, 3.8) is 0 Å². The summed E-state index contributed by atoms with van der Waals surface area (Å²) < 4.78 is 0.994. The minimum atomic E-state index is 0.155. The SMILES string of the molecule is Nc1nc(N)c2nc(-c3cccc(Br)c3)ccc2n1. The first-order valence-corrected chi connectivity index (χ1v) is 6.38. The molecule has 0 saturated carbocycles. The van der Waals surface area contributed by atoms with Crippen molar-refractivity contribution in [3.8, 4) is 11.3 Å². The highest BCUT2D eigenvalue weighted by molar-refractivity contribution is 9.10. The van der Waals surface area contributed by atoms with Gasteiger partial charge in [0.2, 0.25) is 5.95 Å². The molecule has 0 atom stereocenters. The Kier molecular flexibility index (Phi) is 2.79. The fraction of sp³-hybridized carbons (Fsp3) is 0. The largest absolute Gasteiger partial charge is 0.382 e. The fourth-order valence-electron chi connectivity index (χ4n) is 1.86. The first kappa shape index (κ1) is 11.9. The summed E-state index contributed by atoms with van der Waals surface area (Å²) in [5.74, 6) is 0.446. The maximum atomic E-state index is 5.83. The van der Waals surface area contributed by atoms with Gasteiger partial charge in [-0.2, -0.15) is 4.98 Å². The zero-order valence-electron chi connectivity index (χ0n) is 9.84. The normalized spacial score (nSPS) is 10.8. The molecule has 0 saturated heterocycles. The Hall–Kier alpha value is -2.21. The van der Waals surface area contributed by atoms with Gasteiger partial charge in [-0.25, -0.2) is 9.97 Å². The van der Waals surface area contributed by atoms with E-state index in [9.17, 15) is 0 Å². The van der Waals surface area contributed by atoms with Crippen molar-refractivity contribution in [2.45, 2.75) is 0 Å². The summed E-state index contributed by atoms with van der Waals surface area (Å²) >= 11 is 3.44. The summed E-state index contributed by atoms with van der Waals surface area (Å²) in [6, 6.07) is 11.6. The lowest BCUT2D eigenvalue weighted by molar-refractivity contribution is 1.22. The summed E-state index contributed by atoms with van der Waals surface area (Å²) in [5.41, 5.74) is 14.4. The molecule has 3 aromatic rings. The second-order valence-electron chi connectivity index (χ2n) is 4.04. The van der Waals surface area contributed by atoms with Crippen LogP contribution >= 0.6 is 15.9 Å². The number of pyridine rings is 1. The predicted octanol–water partition coefficient (Wildman–Crippen LogP) is 2.62. The van der Waals surface area contributed by atoms with Crippen molar-refractivity contribution in [1.82, 2.24) is 15.0 Å². The Morgan fingerprint density at radius 3 is 2.58 bits per heavy atom. The van der Waals surface area contributed by atoms with Gasteiger partial charge in [0.1, 0.15) is 5.52 Å². The van der Waals surface area contributed by atoms with Crippen molar-refractivity contribution >= 4 is 38.7 Å². The van der Waals surface area contributed by atoms with Crippen LogP contribution in [0.1, 0.15) is 0 Å². The zero-order chi connectivity index (χ0) is 13.4. The van der Waals surface area contributed by atoms with Crippen LogP contribution in [0.4, 0.5) is 11.8 Å². The summed E-state index contributed by atoms with van der Waals surface area (Å²) in [7, 11) is 0. The Bertz CT molecular complexity index is 772. The van der Waals surface area contributed by atoms with Crippen LogP contribution in [0, 0.1) is 0 Å². The van der Waals surface area contributed by atoms with Crippen molar-refractivity contribution < 1.29 is 0 Å². The molecule has 19 heavy (non-hydrogen) atoms. The molecule has 0 radical (unpaired) electrons. The lowest BCUT2D eigenvalue weighted by Crippen LogP contribution is -2.02. The van der Waals surface area contributed by atoms with Crippen molar-refractivity contribution in [1.29, 1.82) is 0 Å². The molecule has 1 aromatic carbocycles. The van der Waals surface area contributed by atoms with Crippen LogP contribution in [0.15, 0.2) is 40.9 Å². The van der Waals surface area contributed by atoms with E-state index in [1.54, 1.807) is 0 Å². The first-order valence-electron chi connectivity index (χ1n) is 5.59. The third kappa shape index (κ3) is 2.22. The van der Waals surface area contributed by atoms with Gasteiger partial charge in [-0.15, -0.1) is 0 Å². The summed E-state index contributed by atoms with van der Waals surface area (Å²) in [6.07, 6.45) is 0. The Morgan fingerprint density at radius 1 is 0.947 bits per heavy atom. The van der Waals surface area contributed by atoms with Gasteiger partial charge in [-0.1, -0.05) is 28.1 Å². The van der Waals surface area contributed by atoms with E-state index in [2.05, 4.69) is 30.9 Å². The van der Waals surface area contributed by atoms with Crippen LogP contribution in [0.3, 0.4) is 0 Å². The molecule has 0 amide bonds. The molecule has 0 spiro atoms. The minimum Gasteiger partial charge on any atom is -0.382 e. The molecule has 0 aliphatic heterocycles. The van der Waals surface area contributed by atoms with Crippen LogP contribution in [-0.4, -0.2) is 15.0 Å². The molecule has 0 unspecified atom stereocenters. The molecule has 6 heteroatoms. The van der Waals surface area contributed by atoms with Crippen LogP contribution in [0.5, 0.6) is 0 Å². The second-order valence-corrected chi connectivity index (χ2v) is 4.96. The number of aromatic nitrogens is 3. The predicted molar refractivity (Wildman–Crippen MR) is 79.3 cm³/mol. The third-order valence-electron chi connectivity index (χ3n) is 2.71. The van der Waals surface area contributed by atoms with E-state index >= 15 is 0 Å². The lowest BCUT2D eigenvalue weighted by Gasteiger charge is -2.05. The van der Waals surface area contributed by atoms with Gasteiger partial charge in [0.25, 0.3) is 0 Å². The Morgan fingerprint density at radius 2 is 1.79 bits per heavy atom. The number of halogens is 1. The second kappa shape index (κ2) is 4.47. The van der Waals surface area contributed by atoms with E-state index in [0.29, 0.717) is 16.9 Å². The number of nitrogens with two attached hydrogens (primary N) is 2. The highest BCUT2D eigenvalue weighted by Gasteiger charge is 2.07. The number of hydrogen-bond donors (Lipinski definition) is 2. The molecule has 3 rings (SSSR count). The number of hydrogen-bond acceptors (Lipinski definition) is 5. The maximum Gasteiger partial charge on any atom is 0.222 e. The van der Waals surface area contributed by atoms with Crippen molar-refractivity contribution in [2.24, 2.45) is 0 Å². The fourth-order valence-corrected chi connectivity index (χ4v) is 2.26. The van der Waals surface area contributed by atoms with Crippen molar-refractivity contribution in [2.75, 3.05) is 11.5 Å². The lowest BCUT2D eigenvalue weighted by atomic mass is 10.1. The van der Waals surface area contributed by atoms with E-state index < -0.39 is 0 Å². The zero-order valence-corrected chi connectivity index (χ0v) is 11.4. The van der Waals surface area contributed by atoms with E-state index in [0.717, 1.165) is 15.7 Å². The molecule has 4 N–H and O–H groups in total. The molecule has 0 fully saturated rings. The Labute approximate surface area is 117 Å². The highest BCUT2D eigenvalue weighted by Crippen LogP contribution is 2.25. The minimum absolute atomic E-state index is 0.155. The van der Waals surface area contributed by atoms with Crippen LogP contribution < -0.4 is 11.5 Å². The molecular weight excluding hydrogens is 306 g/mol. The standard InChI is InChI=1S/C13H10BrN5/c14-8-3-1-2-7(6-8)9-4-5-10-11(17-9)12(15)19-13(16)18-10/h1-6H,(H4,15,16,18,19). The number of fused-ring (bicyclic) bond motifs is 1. The molecule has 0 aliphatic carbocycles. The molecular formula is C13H10BrN5. The number of nitrogen functional groups attached to an aromatic ring is 2. The molecule has 0 bridgehead atoms. The molecule has 2 heterocycles. The average molecular weight is 316 g/mol. The van der Waals surface area contributed by atoms with Crippen LogP contribution in [-0.2, 0) is 0 Å². The first-order chi connectivity index (χ1) is 9.13. The number of anilines is 2. The van der Waals surface area contributed by atoms with Gasteiger partial charge in [0, 0.05) is 10.0 Å². The van der Waals surface area contributed by atoms with Gasteiger partial charge in [0.15, 0.2) is 5.82 Å². The number of benzene rings is 1. The number of rotatable bonds is 1. The van der Waals surface area contributed by atoms with E-state index in [1.807, 2.05) is 36.4 Å². The molecule has 2 aromatic heterocycles. The maximum absolute atomic E-state index is 5.83. The van der Waals surface area contributed by atoms with E-state index in [-0.39, 0.29) is 5.95 Å². The molecule has 0 aliphatic rings. The van der Waals surface area contributed by atoms with Gasteiger partial charge in [-0.05, 0) is 24.3 Å². The van der Waals surface area contributed by atoms with Gasteiger partial charge >= 0.3 is 0 Å². The summed E-state index contributed by atoms with van der Waals surface area (Å²) in [4.78, 5) is 12.5. The summed E-state index contributed by atoms with van der Waals surface area (Å²) in [5, 5.41) is 0. The Balaban J connectivity index is 2.22. The molecule has 94 valence electrons. The van der Waals surface area contributed by atoms with Gasteiger partial charge < -0.3 is 11.5 Å². The van der Waals surface area contributed by atoms with E-state index in [1.165, 1.54) is 0 Å². The number of nitrogens with zero attached hydrogens (tertiary/aromatic N) is 3. The van der Waals surface area contributed by atoms with Gasteiger partial charge in [0.05, 0.1) is 11.2 Å². The third-order valence-corrected chi connectivity index (χ3v) is 3.20. The average Bonchev–Trinajstić information content (AvgIpc) is 2.38. The monoisotopic (exact) mass is 315 g/mol. The highest BCUT2D eigenvalue weighted by atomic mass is 79.9. The topological polar surface area (TPSA) is 90.7 Å².